The first kappa shape index (κ1) is 14.2. The fraction of sp³-hybridized carbons (Fsp3) is 0.600. The van der Waals surface area contributed by atoms with E-state index in [-0.39, 0.29) is 0 Å². The highest BCUT2D eigenvalue weighted by atomic mass is 16.3. The largest absolute Gasteiger partial charge is 0.384 e. The Bertz CT molecular complexity index is 299. The highest BCUT2D eigenvalue weighted by molar-refractivity contribution is 5.22. The summed E-state index contributed by atoms with van der Waals surface area (Å²) in [5.41, 5.74) is 5.83. The molecule has 0 aromatic heterocycles. The zero-order valence-corrected chi connectivity index (χ0v) is 10.9. The van der Waals surface area contributed by atoms with Crippen molar-refractivity contribution in [2.45, 2.75) is 51.0 Å². The Balaban J connectivity index is 2.46. The first-order valence-electron chi connectivity index (χ1n) is 6.71. The molecule has 1 atom stereocenters. The smallest absolute Gasteiger partial charge is 0.102 e. The van der Waals surface area contributed by atoms with Crippen molar-refractivity contribution >= 4 is 0 Å². The third kappa shape index (κ3) is 4.49. The lowest BCUT2D eigenvalue weighted by Gasteiger charge is -2.27. The lowest BCUT2D eigenvalue weighted by atomic mass is 9.88. The maximum atomic E-state index is 10.5. The van der Waals surface area contributed by atoms with Gasteiger partial charge in [-0.2, -0.15) is 0 Å². The van der Waals surface area contributed by atoms with Crippen LogP contribution < -0.4 is 5.73 Å². The summed E-state index contributed by atoms with van der Waals surface area (Å²) in [4.78, 5) is 0. The number of hydrogen-bond acceptors (Lipinski definition) is 2. The summed E-state index contributed by atoms with van der Waals surface area (Å²) in [6, 6.07) is 9.78. The van der Waals surface area contributed by atoms with Gasteiger partial charge in [-0.15, -0.1) is 0 Å². The van der Waals surface area contributed by atoms with Crippen LogP contribution in [0.5, 0.6) is 0 Å². The van der Waals surface area contributed by atoms with Crippen LogP contribution in [0.3, 0.4) is 0 Å². The van der Waals surface area contributed by atoms with E-state index in [0.29, 0.717) is 6.54 Å². The lowest BCUT2D eigenvalue weighted by Crippen LogP contribution is -2.34. The highest BCUT2D eigenvalue weighted by Crippen LogP contribution is 2.26. The molecule has 1 rings (SSSR count). The average molecular weight is 235 g/mol. The number of nitrogens with two attached hydrogens (primary N) is 1. The van der Waals surface area contributed by atoms with Crippen LogP contribution in [0.2, 0.25) is 0 Å². The molecule has 0 bridgehead atoms. The maximum absolute atomic E-state index is 10.5. The molecule has 0 aliphatic heterocycles. The SMILES string of the molecule is CCCCCCCC(O)(CN)c1ccccc1. The first-order valence-corrected chi connectivity index (χ1v) is 6.71. The molecule has 1 unspecified atom stereocenters. The van der Waals surface area contributed by atoms with Crippen molar-refractivity contribution in [3.05, 3.63) is 35.9 Å². The fourth-order valence-electron chi connectivity index (χ4n) is 2.13. The minimum Gasteiger partial charge on any atom is -0.384 e. The second-order valence-electron chi connectivity index (χ2n) is 4.77. The van der Waals surface area contributed by atoms with Crippen LogP contribution in [0.1, 0.15) is 51.0 Å². The lowest BCUT2D eigenvalue weighted by molar-refractivity contribution is 0.0339. The molecule has 0 heterocycles. The van der Waals surface area contributed by atoms with Crippen molar-refractivity contribution in [3.63, 3.8) is 0 Å². The third-order valence-electron chi connectivity index (χ3n) is 3.34. The molecule has 0 fully saturated rings. The van der Waals surface area contributed by atoms with E-state index in [0.717, 1.165) is 18.4 Å². The van der Waals surface area contributed by atoms with Crippen LogP contribution in [-0.4, -0.2) is 11.7 Å². The summed E-state index contributed by atoms with van der Waals surface area (Å²) in [5.74, 6) is 0. The quantitative estimate of drug-likeness (QED) is 0.680. The standard InChI is InChI=1S/C15H25NO/c1-2-3-4-5-9-12-15(17,13-16)14-10-7-6-8-11-14/h6-8,10-11,17H,2-5,9,12-13,16H2,1H3. The van der Waals surface area contributed by atoms with Crippen LogP contribution in [0.4, 0.5) is 0 Å². The molecular formula is C15H25NO. The molecule has 2 nitrogen and oxygen atoms in total. The minimum absolute atomic E-state index is 0.296. The molecule has 0 radical (unpaired) electrons. The summed E-state index contributed by atoms with van der Waals surface area (Å²) in [5, 5.41) is 10.5. The molecule has 1 aromatic carbocycles. The van der Waals surface area contributed by atoms with Crippen molar-refractivity contribution in [2.75, 3.05) is 6.54 Å². The average Bonchev–Trinajstić information content (AvgIpc) is 2.39. The van der Waals surface area contributed by atoms with Gasteiger partial charge < -0.3 is 10.8 Å². The monoisotopic (exact) mass is 235 g/mol. The number of aliphatic hydroxyl groups is 1. The molecule has 0 saturated carbocycles. The molecule has 17 heavy (non-hydrogen) atoms. The third-order valence-corrected chi connectivity index (χ3v) is 3.34. The Kier molecular flexibility index (Phi) is 6.23. The van der Waals surface area contributed by atoms with Crippen LogP contribution in [0.15, 0.2) is 30.3 Å². The van der Waals surface area contributed by atoms with Gasteiger partial charge in [-0.25, -0.2) is 0 Å². The molecule has 96 valence electrons. The van der Waals surface area contributed by atoms with Crippen molar-refractivity contribution in [2.24, 2.45) is 5.73 Å². The van der Waals surface area contributed by atoms with Gasteiger partial charge in [0.1, 0.15) is 5.60 Å². The van der Waals surface area contributed by atoms with Crippen LogP contribution in [0, 0.1) is 0 Å². The topological polar surface area (TPSA) is 46.2 Å². The minimum atomic E-state index is -0.840. The van der Waals surface area contributed by atoms with Crippen LogP contribution in [-0.2, 0) is 5.60 Å². The second-order valence-corrected chi connectivity index (χ2v) is 4.77. The van der Waals surface area contributed by atoms with Crippen molar-refractivity contribution < 1.29 is 5.11 Å². The number of benzene rings is 1. The second kappa shape index (κ2) is 7.46. The Morgan fingerprint density at radius 3 is 2.29 bits per heavy atom. The molecule has 2 heteroatoms. The molecule has 0 saturated heterocycles. The normalized spacial score (nSPS) is 14.5. The molecule has 0 aliphatic rings. The summed E-state index contributed by atoms with van der Waals surface area (Å²) >= 11 is 0. The highest BCUT2D eigenvalue weighted by Gasteiger charge is 2.26. The van der Waals surface area contributed by atoms with E-state index < -0.39 is 5.60 Å². The van der Waals surface area contributed by atoms with Gasteiger partial charge in [-0.05, 0) is 12.0 Å². The van der Waals surface area contributed by atoms with Gasteiger partial charge in [0.25, 0.3) is 0 Å². The van der Waals surface area contributed by atoms with E-state index in [9.17, 15) is 5.11 Å². The molecular weight excluding hydrogens is 210 g/mol. The van der Waals surface area contributed by atoms with Gasteiger partial charge in [0.05, 0.1) is 0 Å². The molecule has 0 spiro atoms. The Labute approximate surface area is 105 Å². The summed E-state index contributed by atoms with van der Waals surface area (Å²) < 4.78 is 0. The molecule has 0 amide bonds. The molecule has 1 aromatic rings. The van der Waals surface area contributed by atoms with Crippen LogP contribution in [0.25, 0.3) is 0 Å². The summed E-state index contributed by atoms with van der Waals surface area (Å²) in [6.45, 7) is 2.50. The fourth-order valence-corrected chi connectivity index (χ4v) is 2.13. The van der Waals surface area contributed by atoms with Crippen LogP contribution >= 0.6 is 0 Å². The van der Waals surface area contributed by atoms with Gasteiger partial charge in [0, 0.05) is 6.54 Å². The van der Waals surface area contributed by atoms with E-state index in [2.05, 4.69) is 6.92 Å². The van der Waals surface area contributed by atoms with Gasteiger partial charge >= 0.3 is 0 Å². The van der Waals surface area contributed by atoms with E-state index >= 15 is 0 Å². The predicted molar refractivity (Wildman–Crippen MR) is 72.8 cm³/mol. The van der Waals surface area contributed by atoms with Crippen molar-refractivity contribution in [3.8, 4) is 0 Å². The first-order chi connectivity index (χ1) is 8.23. The Morgan fingerprint density at radius 1 is 1.06 bits per heavy atom. The summed E-state index contributed by atoms with van der Waals surface area (Å²) in [7, 11) is 0. The molecule has 3 N–H and O–H groups in total. The van der Waals surface area contributed by atoms with E-state index in [1.807, 2.05) is 30.3 Å². The van der Waals surface area contributed by atoms with Crippen molar-refractivity contribution in [1.82, 2.24) is 0 Å². The number of unbranched alkanes of at least 4 members (excludes halogenated alkanes) is 4. The van der Waals surface area contributed by atoms with Crippen molar-refractivity contribution in [1.29, 1.82) is 0 Å². The Hall–Kier alpha value is -0.860. The maximum Gasteiger partial charge on any atom is 0.102 e. The number of hydrogen-bond donors (Lipinski definition) is 2. The van der Waals surface area contributed by atoms with E-state index in [4.69, 9.17) is 5.73 Å². The summed E-state index contributed by atoms with van der Waals surface area (Å²) in [6.07, 6.45) is 6.78. The number of rotatable bonds is 8. The van der Waals surface area contributed by atoms with Gasteiger partial charge in [0.15, 0.2) is 0 Å². The van der Waals surface area contributed by atoms with E-state index in [1.165, 1.54) is 25.7 Å². The zero-order chi connectivity index (χ0) is 12.6. The molecule has 0 aliphatic carbocycles. The predicted octanol–water partition coefficient (Wildman–Crippen LogP) is 3.19. The zero-order valence-electron chi connectivity index (χ0n) is 10.9. The van der Waals surface area contributed by atoms with Gasteiger partial charge in [-0.1, -0.05) is 69.4 Å². The van der Waals surface area contributed by atoms with Gasteiger partial charge in [-0.3, -0.25) is 0 Å². The van der Waals surface area contributed by atoms with Gasteiger partial charge in [0.2, 0.25) is 0 Å². The Morgan fingerprint density at radius 2 is 1.71 bits per heavy atom. The van der Waals surface area contributed by atoms with E-state index in [1.54, 1.807) is 0 Å².